The lowest BCUT2D eigenvalue weighted by atomic mass is 10.2. The summed E-state index contributed by atoms with van der Waals surface area (Å²) in [6.07, 6.45) is 5.27. The number of guanidine groups is 1. The summed E-state index contributed by atoms with van der Waals surface area (Å²) < 4.78 is 11.4. The number of ether oxygens (including phenoxy) is 2. The van der Waals surface area contributed by atoms with E-state index in [0.29, 0.717) is 25.7 Å². The summed E-state index contributed by atoms with van der Waals surface area (Å²) in [5, 5.41) is 6.68. The highest BCUT2D eigenvalue weighted by atomic mass is 127. The number of rotatable bonds is 4. The van der Waals surface area contributed by atoms with E-state index in [4.69, 9.17) is 9.47 Å². The Balaban J connectivity index is 0.00000240. The van der Waals surface area contributed by atoms with Gasteiger partial charge in [0.2, 0.25) is 0 Å². The lowest BCUT2D eigenvalue weighted by Crippen LogP contribution is -2.30. The average Bonchev–Trinajstić information content (AvgIpc) is 3.17. The molecule has 156 valence electrons. The van der Waals surface area contributed by atoms with Gasteiger partial charge in [-0.05, 0) is 42.7 Å². The van der Waals surface area contributed by atoms with Crippen molar-refractivity contribution in [2.45, 2.75) is 25.8 Å². The van der Waals surface area contributed by atoms with Gasteiger partial charge < -0.3 is 25.0 Å². The van der Waals surface area contributed by atoms with Crippen LogP contribution in [0.4, 0.5) is 11.5 Å². The van der Waals surface area contributed by atoms with Crippen molar-refractivity contribution < 1.29 is 9.47 Å². The predicted octanol–water partition coefficient (Wildman–Crippen LogP) is 3.65. The molecule has 0 amide bonds. The van der Waals surface area contributed by atoms with Gasteiger partial charge in [-0.1, -0.05) is 0 Å². The van der Waals surface area contributed by atoms with Crippen molar-refractivity contribution in [3.63, 3.8) is 0 Å². The van der Waals surface area contributed by atoms with Crippen molar-refractivity contribution in [2.75, 3.05) is 43.6 Å². The monoisotopic (exact) mass is 509 g/mol. The molecule has 1 aromatic carbocycles. The molecule has 3 heterocycles. The fourth-order valence-electron chi connectivity index (χ4n) is 3.43. The number of anilines is 2. The van der Waals surface area contributed by atoms with Crippen LogP contribution in [0.3, 0.4) is 0 Å². The summed E-state index contributed by atoms with van der Waals surface area (Å²) in [5.74, 6) is 3.32. The van der Waals surface area contributed by atoms with Gasteiger partial charge in [0.1, 0.15) is 5.82 Å². The first-order valence-corrected chi connectivity index (χ1v) is 9.89. The standard InChI is InChI=1S/C21H27N5O2.HI/c1-22-21(25-17-5-6-18-19(14-17)28-12-4-11-27-18)24-15-16-7-8-23-20(13-16)26-9-2-3-10-26;/h5-8,13-14H,2-4,9-12,15H2,1H3,(H2,22,24,25);1H. The third-order valence-electron chi connectivity index (χ3n) is 4.93. The van der Waals surface area contributed by atoms with Gasteiger partial charge in [-0.3, -0.25) is 4.99 Å². The van der Waals surface area contributed by atoms with E-state index in [-0.39, 0.29) is 24.0 Å². The van der Waals surface area contributed by atoms with Crippen molar-refractivity contribution in [1.29, 1.82) is 0 Å². The lowest BCUT2D eigenvalue weighted by Gasteiger charge is -2.17. The van der Waals surface area contributed by atoms with Crippen molar-refractivity contribution in [3.8, 4) is 11.5 Å². The quantitative estimate of drug-likeness (QED) is 0.373. The first kappa shape index (κ1) is 21.5. The Labute approximate surface area is 188 Å². The largest absolute Gasteiger partial charge is 0.490 e. The molecule has 2 aliphatic rings. The van der Waals surface area contributed by atoms with E-state index >= 15 is 0 Å². The maximum atomic E-state index is 5.76. The summed E-state index contributed by atoms with van der Waals surface area (Å²) in [4.78, 5) is 11.2. The molecule has 1 aromatic heterocycles. The molecule has 0 unspecified atom stereocenters. The summed E-state index contributed by atoms with van der Waals surface area (Å²) in [6, 6.07) is 10.0. The Bertz CT molecular complexity index is 840. The van der Waals surface area contributed by atoms with Gasteiger partial charge in [-0.25, -0.2) is 4.98 Å². The molecule has 0 spiro atoms. The van der Waals surface area contributed by atoms with Crippen LogP contribution in [0.2, 0.25) is 0 Å². The maximum absolute atomic E-state index is 5.76. The van der Waals surface area contributed by atoms with Crippen LogP contribution in [0.15, 0.2) is 41.5 Å². The Morgan fingerprint density at radius 2 is 1.86 bits per heavy atom. The van der Waals surface area contributed by atoms with E-state index in [1.165, 1.54) is 18.4 Å². The molecule has 0 radical (unpaired) electrons. The summed E-state index contributed by atoms with van der Waals surface area (Å²) >= 11 is 0. The third kappa shape index (κ3) is 5.65. The van der Waals surface area contributed by atoms with E-state index in [2.05, 4.69) is 31.6 Å². The first-order chi connectivity index (χ1) is 13.8. The zero-order valence-electron chi connectivity index (χ0n) is 16.7. The topological polar surface area (TPSA) is 71.0 Å². The first-order valence-electron chi connectivity index (χ1n) is 9.89. The molecule has 1 saturated heterocycles. The summed E-state index contributed by atoms with van der Waals surface area (Å²) in [5.41, 5.74) is 2.09. The van der Waals surface area contributed by atoms with Crippen LogP contribution < -0.4 is 25.0 Å². The minimum atomic E-state index is 0. The molecule has 2 aliphatic heterocycles. The van der Waals surface area contributed by atoms with Gasteiger partial charge in [-0.2, -0.15) is 0 Å². The van der Waals surface area contributed by atoms with Crippen LogP contribution in [0.25, 0.3) is 0 Å². The highest BCUT2D eigenvalue weighted by Crippen LogP contribution is 2.32. The fourth-order valence-corrected chi connectivity index (χ4v) is 3.43. The average molecular weight is 509 g/mol. The number of hydrogen-bond donors (Lipinski definition) is 2. The van der Waals surface area contributed by atoms with Gasteiger partial charge >= 0.3 is 0 Å². The van der Waals surface area contributed by atoms with E-state index in [9.17, 15) is 0 Å². The maximum Gasteiger partial charge on any atom is 0.195 e. The Hall–Kier alpha value is -2.23. The molecule has 2 N–H and O–H groups in total. The number of nitrogens with zero attached hydrogens (tertiary/aromatic N) is 3. The molecule has 4 rings (SSSR count). The SMILES string of the molecule is CN=C(NCc1ccnc(N2CCCC2)c1)Nc1ccc2c(c1)OCCCO2.I. The number of halogens is 1. The van der Waals surface area contributed by atoms with E-state index in [1.54, 1.807) is 7.05 Å². The van der Waals surface area contributed by atoms with Crippen LogP contribution in [-0.4, -0.2) is 44.3 Å². The van der Waals surface area contributed by atoms with Gasteiger partial charge in [0, 0.05) is 51.1 Å². The summed E-state index contributed by atoms with van der Waals surface area (Å²) in [7, 11) is 1.76. The molecule has 0 aliphatic carbocycles. The zero-order valence-corrected chi connectivity index (χ0v) is 19.0. The summed E-state index contributed by atoms with van der Waals surface area (Å²) in [6.45, 7) is 4.22. The second-order valence-electron chi connectivity index (χ2n) is 6.98. The second-order valence-corrected chi connectivity index (χ2v) is 6.98. The Morgan fingerprint density at radius 1 is 1.07 bits per heavy atom. The van der Waals surface area contributed by atoms with Gasteiger partial charge in [0.25, 0.3) is 0 Å². The van der Waals surface area contributed by atoms with Crippen LogP contribution >= 0.6 is 24.0 Å². The number of hydrogen-bond acceptors (Lipinski definition) is 5. The van der Waals surface area contributed by atoms with Crippen LogP contribution in [0.5, 0.6) is 11.5 Å². The number of fused-ring (bicyclic) bond motifs is 1. The van der Waals surface area contributed by atoms with E-state index in [1.807, 2.05) is 30.5 Å². The van der Waals surface area contributed by atoms with Crippen LogP contribution in [0.1, 0.15) is 24.8 Å². The van der Waals surface area contributed by atoms with E-state index in [0.717, 1.165) is 42.5 Å². The number of aromatic nitrogens is 1. The Morgan fingerprint density at radius 3 is 2.66 bits per heavy atom. The van der Waals surface area contributed by atoms with Crippen molar-refractivity contribution >= 4 is 41.4 Å². The van der Waals surface area contributed by atoms with Crippen LogP contribution in [-0.2, 0) is 6.54 Å². The number of aliphatic imine (C=N–C) groups is 1. The molecular weight excluding hydrogens is 481 g/mol. The second kappa shape index (κ2) is 10.5. The molecule has 0 atom stereocenters. The smallest absolute Gasteiger partial charge is 0.195 e. The molecule has 0 saturated carbocycles. The minimum absolute atomic E-state index is 0. The molecule has 2 aromatic rings. The van der Waals surface area contributed by atoms with Crippen LogP contribution in [0, 0.1) is 0 Å². The van der Waals surface area contributed by atoms with Crippen molar-refractivity contribution in [1.82, 2.24) is 10.3 Å². The van der Waals surface area contributed by atoms with Gasteiger partial charge in [0.15, 0.2) is 17.5 Å². The van der Waals surface area contributed by atoms with Gasteiger partial charge in [-0.15, -0.1) is 24.0 Å². The molecule has 8 heteroatoms. The van der Waals surface area contributed by atoms with Crippen molar-refractivity contribution in [3.05, 3.63) is 42.1 Å². The number of pyridine rings is 1. The number of nitrogens with one attached hydrogen (secondary N) is 2. The molecule has 7 nitrogen and oxygen atoms in total. The number of benzene rings is 1. The molecular formula is C21H28IN5O2. The highest BCUT2D eigenvalue weighted by molar-refractivity contribution is 14.0. The lowest BCUT2D eigenvalue weighted by molar-refractivity contribution is 0.297. The van der Waals surface area contributed by atoms with Crippen molar-refractivity contribution in [2.24, 2.45) is 4.99 Å². The molecule has 29 heavy (non-hydrogen) atoms. The van der Waals surface area contributed by atoms with E-state index < -0.39 is 0 Å². The fraction of sp³-hybridized carbons (Fsp3) is 0.429. The highest BCUT2D eigenvalue weighted by Gasteiger charge is 2.14. The Kier molecular flexibility index (Phi) is 7.79. The molecule has 1 fully saturated rings. The zero-order chi connectivity index (χ0) is 19.2. The minimum Gasteiger partial charge on any atom is -0.490 e. The normalized spacial score (nSPS) is 16.0. The third-order valence-corrected chi connectivity index (χ3v) is 4.93. The molecule has 0 bridgehead atoms. The predicted molar refractivity (Wildman–Crippen MR) is 127 cm³/mol. The van der Waals surface area contributed by atoms with Gasteiger partial charge in [0.05, 0.1) is 13.2 Å².